The zero-order valence-corrected chi connectivity index (χ0v) is 13.0. The van der Waals surface area contributed by atoms with Crippen LogP contribution in [0.5, 0.6) is 0 Å². The molecule has 0 fully saturated rings. The van der Waals surface area contributed by atoms with E-state index in [1.807, 2.05) is 20.8 Å². The van der Waals surface area contributed by atoms with Gasteiger partial charge in [-0.05, 0) is 39.0 Å². The summed E-state index contributed by atoms with van der Waals surface area (Å²) >= 11 is 0. The third-order valence-corrected chi connectivity index (χ3v) is 4.10. The van der Waals surface area contributed by atoms with Crippen molar-refractivity contribution in [1.29, 1.82) is 0 Å². The largest absolute Gasteiger partial charge is 0.416 e. The van der Waals surface area contributed by atoms with Gasteiger partial charge in [-0.1, -0.05) is 6.07 Å². The maximum atomic E-state index is 12.6. The van der Waals surface area contributed by atoms with Crippen molar-refractivity contribution in [2.75, 3.05) is 12.3 Å². The number of hydrogen-bond acceptors (Lipinski definition) is 3. The Balaban J connectivity index is 2.68. The molecule has 2 unspecified atom stereocenters. The molecular weight excluding hydrogens is 303 g/mol. The van der Waals surface area contributed by atoms with Crippen molar-refractivity contribution in [2.24, 2.45) is 0 Å². The molecule has 1 rings (SSSR count). The van der Waals surface area contributed by atoms with Crippen LogP contribution in [-0.2, 0) is 17.0 Å². The van der Waals surface area contributed by atoms with Gasteiger partial charge in [-0.2, -0.15) is 13.2 Å². The maximum Gasteiger partial charge on any atom is 0.416 e. The van der Waals surface area contributed by atoms with Gasteiger partial charge in [0.25, 0.3) is 0 Å². The lowest BCUT2D eigenvalue weighted by molar-refractivity contribution is -0.137. The molecule has 0 aliphatic rings. The molecule has 0 spiro atoms. The molecule has 0 radical (unpaired) electrons. The van der Waals surface area contributed by atoms with E-state index in [0.29, 0.717) is 0 Å². The molecule has 2 atom stereocenters. The van der Waals surface area contributed by atoms with E-state index in [4.69, 9.17) is 0 Å². The summed E-state index contributed by atoms with van der Waals surface area (Å²) < 4.78 is 49.8. The fourth-order valence-corrected chi connectivity index (χ4v) is 2.72. The van der Waals surface area contributed by atoms with Gasteiger partial charge in [-0.25, -0.2) is 0 Å². The van der Waals surface area contributed by atoms with E-state index in [1.165, 1.54) is 12.1 Å². The number of β-amino-alcohol motifs (C(OH)–C–C–N with tert-alkyl or cyclic N) is 1. The Hall–Kier alpha value is -0.920. The average Bonchev–Trinajstić information content (AvgIpc) is 2.34. The molecule has 1 aromatic carbocycles. The molecule has 0 heterocycles. The van der Waals surface area contributed by atoms with E-state index in [0.717, 1.165) is 12.1 Å². The van der Waals surface area contributed by atoms with Crippen LogP contribution in [-0.4, -0.2) is 33.3 Å². The molecular formula is C14H20F3NO2S. The van der Waals surface area contributed by atoms with Crippen LogP contribution < -0.4 is 5.32 Å². The number of aliphatic hydroxyl groups excluding tert-OH is 1. The van der Waals surface area contributed by atoms with Crippen molar-refractivity contribution >= 4 is 10.8 Å². The molecule has 0 amide bonds. The molecule has 0 saturated heterocycles. The van der Waals surface area contributed by atoms with E-state index in [-0.39, 0.29) is 22.7 Å². The molecule has 3 nitrogen and oxygen atoms in total. The number of nitrogens with one attached hydrogen (secondary N) is 1. The number of rotatable bonds is 5. The van der Waals surface area contributed by atoms with Crippen molar-refractivity contribution in [3.8, 4) is 0 Å². The van der Waals surface area contributed by atoms with Gasteiger partial charge in [-0.3, -0.25) is 4.21 Å². The maximum absolute atomic E-state index is 12.6. The summed E-state index contributed by atoms with van der Waals surface area (Å²) in [6.45, 7) is 5.99. The zero-order valence-electron chi connectivity index (χ0n) is 12.2. The molecule has 7 heteroatoms. The quantitative estimate of drug-likeness (QED) is 0.875. The fraction of sp³-hybridized carbons (Fsp3) is 0.571. The second kappa shape index (κ2) is 6.89. The Morgan fingerprint density at radius 3 is 2.43 bits per heavy atom. The van der Waals surface area contributed by atoms with Gasteiger partial charge in [0.15, 0.2) is 0 Å². The molecule has 120 valence electrons. The molecule has 2 N–H and O–H groups in total. The zero-order chi connectivity index (χ0) is 16.3. The normalized spacial score (nSPS) is 15.8. The Labute approximate surface area is 125 Å². The molecule has 0 aliphatic carbocycles. The first-order valence-corrected chi connectivity index (χ1v) is 7.79. The Morgan fingerprint density at radius 2 is 1.90 bits per heavy atom. The van der Waals surface area contributed by atoms with Crippen LogP contribution in [0, 0.1) is 0 Å². The molecule has 0 aliphatic heterocycles. The van der Waals surface area contributed by atoms with E-state index in [1.54, 1.807) is 0 Å². The van der Waals surface area contributed by atoms with Crippen LogP contribution in [0.2, 0.25) is 0 Å². The SMILES string of the molecule is CC(C)(C)NCC(O)CS(=O)c1cccc(C(F)(F)F)c1. The lowest BCUT2D eigenvalue weighted by Crippen LogP contribution is -2.42. The van der Waals surface area contributed by atoms with Crippen LogP contribution in [0.1, 0.15) is 26.3 Å². The van der Waals surface area contributed by atoms with E-state index >= 15 is 0 Å². The summed E-state index contributed by atoms with van der Waals surface area (Å²) in [6.07, 6.45) is -5.35. The number of benzene rings is 1. The molecule has 21 heavy (non-hydrogen) atoms. The second-order valence-corrected chi connectivity index (χ2v) is 7.32. The van der Waals surface area contributed by atoms with Crippen LogP contribution in [0.15, 0.2) is 29.2 Å². The minimum Gasteiger partial charge on any atom is -0.391 e. The van der Waals surface area contributed by atoms with Gasteiger partial charge in [0.1, 0.15) is 0 Å². The van der Waals surface area contributed by atoms with Crippen LogP contribution >= 0.6 is 0 Å². The van der Waals surface area contributed by atoms with Crippen LogP contribution in [0.3, 0.4) is 0 Å². The first-order valence-electron chi connectivity index (χ1n) is 6.48. The van der Waals surface area contributed by atoms with Crippen molar-refractivity contribution in [2.45, 2.75) is 43.5 Å². The lowest BCUT2D eigenvalue weighted by Gasteiger charge is -2.22. The van der Waals surface area contributed by atoms with Gasteiger partial charge in [-0.15, -0.1) is 0 Å². The summed E-state index contributed by atoms with van der Waals surface area (Å²) in [5.41, 5.74) is -1.03. The Kier molecular flexibility index (Phi) is 5.95. The molecule has 0 aromatic heterocycles. The molecule has 0 saturated carbocycles. The van der Waals surface area contributed by atoms with Crippen molar-refractivity contribution in [1.82, 2.24) is 5.32 Å². The minimum absolute atomic E-state index is 0.0691. The summed E-state index contributed by atoms with van der Waals surface area (Å²) in [5.74, 6) is -0.107. The summed E-state index contributed by atoms with van der Waals surface area (Å²) in [7, 11) is -1.68. The van der Waals surface area contributed by atoms with Crippen LogP contribution in [0.25, 0.3) is 0 Å². The summed E-state index contributed by atoms with van der Waals surface area (Å²) in [6, 6.07) is 4.38. The summed E-state index contributed by atoms with van der Waals surface area (Å²) in [4.78, 5) is 0.0691. The van der Waals surface area contributed by atoms with Gasteiger partial charge in [0, 0.05) is 17.0 Å². The topological polar surface area (TPSA) is 49.3 Å². The summed E-state index contributed by atoms with van der Waals surface area (Å²) in [5, 5.41) is 12.8. The fourth-order valence-electron chi connectivity index (χ4n) is 1.57. The van der Waals surface area contributed by atoms with Crippen molar-refractivity contribution < 1.29 is 22.5 Å². The highest BCUT2D eigenvalue weighted by Crippen LogP contribution is 2.30. The van der Waals surface area contributed by atoms with Gasteiger partial charge < -0.3 is 10.4 Å². The third kappa shape index (κ3) is 6.58. The highest BCUT2D eigenvalue weighted by atomic mass is 32.2. The van der Waals surface area contributed by atoms with E-state index in [2.05, 4.69) is 5.32 Å². The molecule has 1 aromatic rings. The van der Waals surface area contributed by atoms with E-state index < -0.39 is 28.6 Å². The first-order chi connectivity index (χ1) is 9.49. The highest BCUT2D eigenvalue weighted by Gasteiger charge is 2.30. The van der Waals surface area contributed by atoms with Gasteiger partial charge >= 0.3 is 6.18 Å². The molecule has 0 bridgehead atoms. The number of alkyl halides is 3. The highest BCUT2D eigenvalue weighted by molar-refractivity contribution is 7.85. The number of hydrogen-bond donors (Lipinski definition) is 2. The lowest BCUT2D eigenvalue weighted by atomic mass is 10.1. The first kappa shape index (κ1) is 18.1. The minimum atomic E-state index is -4.47. The van der Waals surface area contributed by atoms with Gasteiger partial charge in [0.2, 0.25) is 0 Å². The predicted octanol–water partition coefficient (Wildman–Crippen LogP) is 2.56. The standard InChI is InChI=1S/C14H20F3NO2S/c1-13(2,3)18-8-11(19)9-21(20)12-6-4-5-10(7-12)14(15,16)17/h4-7,11,18-19H,8-9H2,1-3H3. The smallest absolute Gasteiger partial charge is 0.391 e. The predicted molar refractivity (Wildman–Crippen MR) is 76.5 cm³/mol. The number of aliphatic hydroxyl groups is 1. The second-order valence-electron chi connectivity index (χ2n) is 5.82. The average molecular weight is 323 g/mol. The Morgan fingerprint density at radius 1 is 1.29 bits per heavy atom. The monoisotopic (exact) mass is 323 g/mol. The number of halogens is 3. The van der Waals surface area contributed by atoms with E-state index in [9.17, 15) is 22.5 Å². The van der Waals surface area contributed by atoms with Gasteiger partial charge in [0.05, 0.1) is 28.2 Å². The third-order valence-electron chi connectivity index (χ3n) is 2.64. The Bertz CT molecular complexity index is 498. The van der Waals surface area contributed by atoms with Crippen molar-refractivity contribution in [3.63, 3.8) is 0 Å². The van der Waals surface area contributed by atoms with Crippen LogP contribution in [0.4, 0.5) is 13.2 Å². The van der Waals surface area contributed by atoms with Crippen molar-refractivity contribution in [3.05, 3.63) is 29.8 Å².